The van der Waals surface area contributed by atoms with Crippen LogP contribution in [0.1, 0.15) is 21.0 Å². The van der Waals surface area contributed by atoms with Gasteiger partial charge in [0.1, 0.15) is 0 Å². The second kappa shape index (κ2) is 3.86. The second-order valence-electron chi connectivity index (χ2n) is 4.39. The summed E-state index contributed by atoms with van der Waals surface area (Å²) in [5.74, 6) is -3.24. The first-order chi connectivity index (χ1) is 9.73. The van der Waals surface area contributed by atoms with E-state index in [4.69, 9.17) is 0 Å². The Bertz CT molecular complexity index is 742. The maximum atomic E-state index is 11.9. The molecule has 0 fully saturated rings. The normalized spacial score (nSPS) is 27.7. The summed E-state index contributed by atoms with van der Waals surface area (Å²) in [6.07, 6.45) is 0. The molecule has 1 aromatic heterocycles. The Balaban J connectivity index is 2.20. The third kappa shape index (κ3) is 1.64. The number of amides is 6. The quantitative estimate of drug-likeness (QED) is 0.371. The van der Waals surface area contributed by atoms with Crippen LogP contribution in [-0.4, -0.2) is 45.5 Å². The fourth-order valence-corrected chi connectivity index (χ4v) is 1.79. The van der Waals surface area contributed by atoms with Crippen molar-refractivity contribution in [3.63, 3.8) is 0 Å². The molecular formula is C9H6N6O6. The Labute approximate surface area is 115 Å². The highest BCUT2D eigenvalue weighted by Crippen LogP contribution is 2.26. The molecule has 3 heterocycles. The predicted molar refractivity (Wildman–Crippen MR) is 62.6 cm³/mol. The van der Waals surface area contributed by atoms with Crippen LogP contribution in [-0.2, 0) is 0 Å². The van der Waals surface area contributed by atoms with Crippen molar-refractivity contribution in [3.8, 4) is 0 Å². The van der Waals surface area contributed by atoms with Gasteiger partial charge in [0.25, 0.3) is 0 Å². The fourth-order valence-electron chi connectivity index (χ4n) is 1.79. The Kier molecular flexibility index (Phi) is 2.43. The maximum Gasteiger partial charge on any atom is 0.429 e. The third-order valence-electron chi connectivity index (χ3n) is 2.96. The monoisotopic (exact) mass is 294 g/mol. The van der Waals surface area contributed by atoms with E-state index in [9.17, 15) is 29.6 Å². The maximum absolute atomic E-state index is 11.9. The van der Waals surface area contributed by atoms with E-state index in [1.807, 2.05) is 10.6 Å². The minimum Gasteiger partial charge on any atom is -0.617 e. The van der Waals surface area contributed by atoms with Crippen molar-refractivity contribution in [1.29, 1.82) is 0 Å². The molecule has 0 aliphatic carbocycles. The molecule has 0 saturated carbocycles. The van der Waals surface area contributed by atoms with Crippen LogP contribution in [0.4, 0.5) is 21.2 Å². The first-order valence-corrected chi connectivity index (χ1v) is 5.49. The van der Waals surface area contributed by atoms with Gasteiger partial charge in [0.2, 0.25) is 11.4 Å². The Morgan fingerprint density at radius 2 is 1.62 bits per heavy atom. The lowest BCUT2D eigenvalue weighted by atomic mass is 10.2. The summed E-state index contributed by atoms with van der Waals surface area (Å²) in [5, 5.41) is 25.7. The van der Waals surface area contributed by atoms with Crippen LogP contribution in [0.2, 0.25) is 0 Å². The summed E-state index contributed by atoms with van der Waals surface area (Å²) >= 11 is 0. The van der Waals surface area contributed by atoms with Gasteiger partial charge in [-0.3, -0.25) is 10.6 Å². The van der Waals surface area contributed by atoms with Gasteiger partial charge >= 0.3 is 23.9 Å². The van der Waals surface area contributed by atoms with Crippen LogP contribution in [0.5, 0.6) is 0 Å². The Morgan fingerprint density at radius 3 is 2.29 bits per heavy atom. The zero-order valence-electron chi connectivity index (χ0n) is 10.3. The van der Waals surface area contributed by atoms with Crippen LogP contribution >= 0.6 is 0 Å². The molecule has 0 radical (unpaired) electrons. The lowest BCUT2D eigenvalue weighted by Gasteiger charge is -2.35. The van der Waals surface area contributed by atoms with Gasteiger partial charge in [0, 0.05) is 0 Å². The predicted octanol–water partition coefficient (Wildman–Crippen LogP) is -1.82. The van der Waals surface area contributed by atoms with E-state index < -0.39 is 56.6 Å². The van der Waals surface area contributed by atoms with E-state index >= 15 is 0 Å². The van der Waals surface area contributed by atoms with E-state index in [1.165, 1.54) is 0 Å². The minimum absolute atomic E-state index is 0.409. The van der Waals surface area contributed by atoms with Gasteiger partial charge in [-0.25, -0.2) is 38.9 Å². The molecule has 12 nitrogen and oxygen atoms in total. The van der Waals surface area contributed by atoms with Gasteiger partial charge in [-0.2, -0.15) is 0 Å². The van der Waals surface area contributed by atoms with Gasteiger partial charge in [0.15, 0.2) is 11.6 Å². The van der Waals surface area contributed by atoms with Crippen LogP contribution in [0.15, 0.2) is 0 Å². The highest BCUT2D eigenvalue weighted by atomic mass is 16.6. The molecule has 0 saturated heterocycles. The van der Waals surface area contributed by atoms with Gasteiger partial charge < -0.3 is 10.4 Å². The number of hydroxylamine groups is 5. The molecule has 0 spiro atoms. The van der Waals surface area contributed by atoms with Crippen LogP contribution in [0, 0.1) is 10.4 Å². The molecule has 3 rings (SSSR count). The molecule has 3 N–H and O–H groups in total. The van der Waals surface area contributed by atoms with Gasteiger partial charge in [-0.05, 0) is 0 Å². The Hall–Kier alpha value is -2.80. The molecule has 1 aromatic rings. The van der Waals surface area contributed by atoms with Crippen LogP contribution in [0.3, 0.4) is 0 Å². The van der Waals surface area contributed by atoms with Crippen molar-refractivity contribution in [2.45, 2.75) is 0 Å². The number of hydrogen-bond acceptors (Lipinski definition) is 8. The lowest BCUT2D eigenvalue weighted by Crippen LogP contribution is -3.14. The SMILES string of the molecule is C[N+]1([O-])C(=O)Nc2nc3c(nc2C1=O)NC(=O)[NH+]([O-])C3=O. The number of nitrogens with one attached hydrogen (secondary N) is 3. The average Bonchev–Trinajstić information content (AvgIpc) is 2.43. The van der Waals surface area contributed by atoms with Crippen molar-refractivity contribution in [3.05, 3.63) is 21.8 Å². The first kappa shape index (κ1) is 13.2. The van der Waals surface area contributed by atoms with E-state index in [-0.39, 0.29) is 0 Å². The zero-order chi connectivity index (χ0) is 15.5. The molecule has 2 aliphatic rings. The summed E-state index contributed by atoms with van der Waals surface area (Å²) in [7, 11) is 0.801. The highest BCUT2D eigenvalue weighted by Gasteiger charge is 2.45. The van der Waals surface area contributed by atoms with Gasteiger partial charge in [0.05, 0.1) is 7.05 Å². The van der Waals surface area contributed by atoms with E-state index in [0.717, 1.165) is 7.05 Å². The number of aromatic nitrogens is 2. The average molecular weight is 294 g/mol. The van der Waals surface area contributed by atoms with Crippen molar-refractivity contribution in [2.24, 2.45) is 0 Å². The topological polar surface area (TPSA) is 169 Å². The molecule has 0 bridgehead atoms. The minimum atomic E-state index is -1.89. The summed E-state index contributed by atoms with van der Waals surface area (Å²) in [6.45, 7) is 0. The summed E-state index contributed by atoms with van der Waals surface area (Å²) < 4.78 is -1.89. The highest BCUT2D eigenvalue weighted by molar-refractivity contribution is 6.10. The van der Waals surface area contributed by atoms with Gasteiger partial charge in [-0.1, -0.05) is 0 Å². The van der Waals surface area contributed by atoms with E-state index in [0.29, 0.717) is 0 Å². The number of rotatable bonds is 0. The van der Waals surface area contributed by atoms with Crippen molar-refractivity contribution < 1.29 is 28.9 Å². The molecule has 2 unspecified atom stereocenters. The van der Waals surface area contributed by atoms with E-state index in [2.05, 4.69) is 9.97 Å². The zero-order valence-corrected chi connectivity index (χ0v) is 10.3. The van der Waals surface area contributed by atoms with Gasteiger partial charge in [-0.15, -0.1) is 0 Å². The smallest absolute Gasteiger partial charge is 0.429 e. The van der Waals surface area contributed by atoms with Crippen molar-refractivity contribution in [2.75, 3.05) is 17.7 Å². The fraction of sp³-hybridized carbons (Fsp3) is 0.111. The largest absolute Gasteiger partial charge is 0.617 e. The second-order valence-corrected chi connectivity index (χ2v) is 4.39. The van der Waals surface area contributed by atoms with Crippen LogP contribution in [0.25, 0.3) is 0 Å². The number of anilines is 2. The summed E-state index contributed by atoms with van der Waals surface area (Å²) in [4.78, 5) is 53.5. The van der Waals surface area contributed by atoms with Crippen molar-refractivity contribution in [1.82, 2.24) is 9.97 Å². The number of imide groups is 2. The van der Waals surface area contributed by atoms with Crippen LogP contribution < -0.4 is 15.7 Å². The first-order valence-electron chi connectivity index (χ1n) is 5.49. The summed E-state index contributed by atoms with van der Waals surface area (Å²) in [5.41, 5.74) is -1.01. The number of quaternary nitrogens is 2. The molecule has 21 heavy (non-hydrogen) atoms. The molecule has 2 aliphatic heterocycles. The number of nitrogens with zero attached hydrogens (tertiary/aromatic N) is 3. The number of carbonyl (C=O) groups excluding carboxylic acids is 4. The lowest BCUT2D eigenvalue weighted by molar-refractivity contribution is -0.685. The third-order valence-corrected chi connectivity index (χ3v) is 2.96. The molecular weight excluding hydrogens is 288 g/mol. The number of hydrogen-bond donors (Lipinski definition) is 3. The molecule has 6 amide bonds. The van der Waals surface area contributed by atoms with Crippen molar-refractivity contribution >= 4 is 35.5 Å². The number of carbonyl (C=O) groups is 4. The number of urea groups is 2. The summed E-state index contributed by atoms with van der Waals surface area (Å²) in [6, 6.07) is -2.42. The standard InChI is InChI=1S/C9H6N6O6/c1-15(21)7(17)3-5(13-9(15)19)10-2-4(11-3)12-8(18)14(20)6(2)16/h14H,1H3,(H,10,13,19)(H,11,12,18). The Morgan fingerprint density at radius 1 is 1.05 bits per heavy atom. The molecule has 2 atom stereocenters. The number of fused-ring (bicyclic) bond motifs is 2. The molecule has 0 aromatic carbocycles. The van der Waals surface area contributed by atoms with E-state index in [1.54, 1.807) is 0 Å². The molecule has 12 heteroatoms. The molecule has 108 valence electrons.